The minimum Gasteiger partial charge on any atom is -0.466 e. The molecule has 4 aliphatic carbocycles. The number of aliphatic hydroxyl groups excluding tert-OH is 2. The molecule has 4 rings (SSSR count). The van der Waals surface area contributed by atoms with E-state index in [0.29, 0.717) is 17.8 Å². The van der Waals surface area contributed by atoms with E-state index in [9.17, 15) is 35.1 Å². The van der Waals surface area contributed by atoms with Gasteiger partial charge in [0.2, 0.25) is 0 Å². The van der Waals surface area contributed by atoms with Crippen LogP contribution >= 0.6 is 0 Å². The zero-order valence-corrected chi connectivity index (χ0v) is 28.1. The number of unbranched alkanes of at least 4 members (excludes halogenated alkanes) is 11. The summed E-state index contributed by atoms with van der Waals surface area (Å²) in [6, 6.07) is 0. The molecule has 0 radical (unpaired) electrons. The second-order valence-electron chi connectivity index (χ2n) is 14.6. The summed E-state index contributed by atoms with van der Waals surface area (Å²) in [7, 11) is 0. The summed E-state index contributed by atoms with van der Waals surface area (Å²) in [5.74, 6) is -3.29. The van der Waals surface area contributed by atoms with Gasteiger partial charge in [-0.2, -0.15) is 0 Å². The van der Waals surface area contributed by atoms with Crippen LogP contribution in [0.2, 0.25) is 0 Å². The van der Waals surface area contributed by atoms with E-state index in [1.807, 2.05) is 13.8 Å². The maximum Gasteiger partial charge on any atom is 0.302 e. The highest BCUT2D eigenvalue weighted by molar-refractivity contribution is 6.04. The molecule has 0 aromatic carbocycles. The van der Waals surface area contributed by atoms with Crippen molar-refractivity contribution in [2.45, 2.75) is 148 Å². The van der Waals surface area contributed by atoms with Crippen molar-refractivity contribution < 1.29 is 39.9 Å². The zero-order valence-electron chi connectivity index (χ0n) is 28.1. The lowest BCUT2D eigenvalue weighted by Gasteiger charge is -2.51. The van der Waals surface area contributed by atoms with Crippen LogP contribution in [0.5, 0.6) is 0 Å². The Morgan fingerprint density at radius 2 is 1.45 bits per heavy atom. The smallest absolute Gasteiger partial charge is 0.302 e. The van der Waals surface area contributed by atoms with Crippen molar-refractivity contribution in [3.8, 4) is 0 Å². The molecule has 8 heteroatoms. The summed E-state index contributed by atoms with van der Waals surface area (Å²) in [6.45, 7) is 11.0. The van der Waals surface area contributed by atoms with Crippen molar-refractivity contribution in [1.29, 1.82) is 0 Å². The summed E-state index contributed by atoms with van der Waals surface area (Å²) in [4.78, 5) is 23.2. The normalized spacial score (nSPS) is 36.5. The fraction of sp³-hybridized carbons (Fsp3) is 0.833. The number of fused-ring (bicyclic) bond motifs is 5. The third kappa shape index (κ3) is 6.90. The molecule has 5 N–H and O–H groups in total. The Morgan fingerprint density at radius 1 is 0.932 bits per heavy atom. The molecule has 0 bridgehead atoms. The van der Waals surface area contributed by atoms with Crippen molar-refractivity contribution in [2.75, 3.05) is 13.2 Å². The fourth-order valence-corrected chi connectivity index (χ4v) is 8.61. The first kappa shape index (κ1) is 36.9. The zero-order chi connectivity index (χ0) is 32.9. The summed E-state index contributed by atoms with van der Waals surface area (Å²) in [5.41, 5.74) is -4.57. The molecule has 0 saturated heterocycles. The van der Waals surface area contributed by atoms with Gasteiger partial charge in [-0.25, -0.2) is 0 Å². The Kier molecular flexibility index (Phi) is 12.5. The van der Waals surface area contributed by atoms with Gasteiger partial charge in [-0.15, -0.1) is 0 Å². The highest BCUT2D eigenvalue weighted by Crippen LogP contribution is 2.74. The monoisotopic (exact) mass is 620 g/mol. The standard InChI is InChI=1S/C20H28O6.C16H32O2/c1-9-5-13-18(24,15(9)22)7-11(8-21)6-12-14-17(3,4)20(14,26)16(23)10(2)19(12,13)25;1-3-4-5-6-7-8-9-10-11-12-13-14-15-18-16(2)17/h5-6,10,12-14,16,21,23-26H,7-8H2,1-4H3;3-15H2,1-2H3/t10-,12+,13-,14+,16-,18+,19+,20+;/m1./s1. The quantitative estimate of drug-likeness (QED) is 0.102. The van der Waals surface area contributed by atoms with E-state index in [2.05, 4.69) is 6.92 Å². The number of hydrogen-bond donors (Lipinski definition) is 5. The van der Waals surface area contributed by atoms with Gasteiger partial charge in [-0.3, -0.25) is 9.59 Å². The highest BCUT2D eigenvalue weighted by Gasteiger charge is 2.84. The van der Waals surface area contributed by atoms with Crippen LogP contribution in [0.15, 0.2) is 23.3 Å². The number of carbonyl (C=O) groups is 2. The van der Waals surface area contributed by atoms with E-state index in [1.54, 1.807) is 26.0 Å². The number of rotatable bonds is 14. The number of carbonyl (C=O) groups excluding carboxylic acids is 2. The SMILES string of the molecule is CC1=C[C@H]2[C@]3(O)[C@H](C)[C@@H](O)[C@@]4(O)[C@@H]([C@@H]3C=C(CO)C[C@@]2(O)C1=O)C4(C)C.CCCCCCCCCCCCCCOC(C)=O. The molecule has 8 nitrogen and oxygen atoms in total. The second kappa shape index (κ2) is 14.9. The molecular formula is C36H60O8. The van der Waals surface area contributed by atoms with E-state index >= 15 is 0 Å². The van der Waals surface area contributed by atoms with Crippen LogP contribution in [0.25, 0.3) is 0 Å². The molecule has 0 amide bonds. The summed E-state index contributed by atoms with van der Waals surface area (Å²) in [5, 5.41) is 54.9. The van der Waals surface area contributed by atoms with Gasteiger partial charge in [0.05, 0.1) is 24.9 Å². The molecule has 0 unspecified atom stereocenters. The van der Waals surface area contributed by atoms with Crippen LogP contribution in [-0.4, -0.2) is 73.4 Å². The predicted molar refractivity (Wildman–Crippen MR) is 171 cm³/mol. The van der Waals surface area contributed by atoms with Gasteiger partial charge in [-0.05, 0) is 24.5 Å². The van der Waals surface area contributed by atoms with E-state index in [0.717, 1.165) is 6.42 Å². The average Bonchev–Trinajstić information content (AvgIpc) is 3.37. The Morgan fingerprint density at radius 3 is 1.95 bits per heavy atom. The van der Waals surface area contributed by atoms with Crippen molar-refractivity contribution in [3.63, 3.8) is 0 Å². The molecule has 4 aliphatic rings. The van der Waals surface area contributed by atoms with Crippen molar-refractivity contribution in [2.24, 2.45) is 29.1 Å². The molecule has 0 aromatic rings. The summed E-state index contributed by atoms with van der Waals surface area (Å²) >= 11 is 0. The Labute approximate surface area is 265 Å². The first-order valence-corrected chi connectivity index (χ1v) is 17.2. The summed E-state index contributed by atoms with van der Waals surface area (Å²) < 4.78 is 4.89. The molecule has 0 aliphatic heterocycles. The van der Waals surface area contributed by atoms with Gasteiger partial charge in [0.1, 0.15) is 11.2 Å². The van der Waals surface area contributed by atoms with Crippen molar-refractivity contribution in [1.82, 2.24) is 0 Å². The van der Waals surface area contributed by atoms with E-state index < -0.39 is 57.8 Å². The van der Waals surface area contributed by atoms with Crippen LogP contribution in [0.4, 0.5) is 0 Å². The van der Waals surface area contributed by atoms with Crippen LogP contribution in [0, 0.1) is 29.1 Å². The molecular weight excluding hydrogens is 560 g/mol. The van der Waals surface area contributed by atoms with E-state index in [4.69, 9.17) is 4.74 Å². The first-order valence-electron chi connectivity index (χ1n) is 17.2. The molecule has 252 valence electrons. The third-order valence-corrected chi connectivity index (χ3v) is 11.3. The maximum absolute atomic E-state index is 12.7. The largest absolute Gasteiger partial charge is 0.466 e. The Bertz CT molecular complexity index is 1060. The van der Waals surface area contributed by atoms with Gasteiger partial charge in [0.25, 0.3) is 0 Å². The number of ether oxygens (including phenoxy) is 1. The van der Waals surface area contributed by atoms with Crippen molar-refractivity contribution >= 4 is 11.8 Å². The molecule has 0 heterocycles. The lowest BCUT2D eigenvalue weighted by molar-refractivity contribution is -0.209. The minimum absolute atomic E-state index is 0.0615. The van der Waals surface area contributed by atoms with E-state index in [-0.39, 0.29) is 19.0 Å². The fourth-order valence-electron chi connectivity index (χ4n) is 8.61. The van der Waals surface area contributed by atoms with Gasteiger partial charge in [0.15, 0.2) is 5.78 Å². The Balaban J connectivity index is 0.000000260. The van der Waals surface area contributed by atoms with Gasteiger partial charge in [-0.1, -0.05) is 110 Å². The molecule has 2 saturated carbocycles. The number of Topliss-reactive ketones (excluding diaryl/α,β-unsaturated/α-hetero) is 1. The van der Waals surface area contributed by atoms with Gasteiger partial charge >= 0.3 is 5.97 Å². The number of ketones is 1. The van der Waals surface area contributed by atoms with Crippen LogP contribution in [0.1, 0.15) is 125 Å². The molecule has 0 spiro atoms. The summed E-state index contributed by atoms with van der Waals surface area (Å²) in [6.07, 6.45) is 18.1. The molecule has 8 atom stereocenters. The molecule has 44 heavy (non-hydrogen) atoms. The van der Waals surface area contributed by atoms with E-state index in [1.165, 1.54) is 77.6 Å². The predicted octanol–water partition coefficient (Wildman–Crippen LogP) is 5.18. The minimum atomic E-state index is -1.84. The second-order valence-corrected chi connectivity index (χ2v) is 14.6. The first-order chi connectivity index (χ1) is 20.6. The van der Waals surface area contributed by atoms with Crippen LogP contribution < -0.4 is 0 Å². The third-order valence-electron chi connectivity index (χ3n) is 11.3. The number of aliphatic hydroxyl groups is 5. The molecule has 0 aromatic heterocycles. The Hall–Kier alpha value is -1.58. The van der Waals surface area contributed by atoms with Crippen LogP contribution in [0.3, 0.4) is 0 Å². The lowest BCUT2D eigenvalue weighted by Crippen LogP contribution is -2.65. The number of esters is 1. The lowest BCUT2D eigenvalue weighted by atomic mass is 9.59. The average molecular weight is 621 g/mol. The van der Waals surface area contributed by atoms with Crippen molar-refractivity contribution in [3.05, 3.63) is 23.3 Å². The maximum atomic E-state index is 12.7. The number of hydrogen-bond acceptors (Lipinski definition) is 8. The van der Waals surface area contributed by atoms with Crippen LogP contribution in [-0.2, 0) is 14.3 Å². The van der Waals surface area contributed by atoms with Gasteiger partial charge < -0.3 is 30.3 Å². The highest BCUT2D eigenvalue weighted by atomic mass is 16.5. The van der Waals surface area contributed by atoms with Gasteiger partial charge in [0, 0.05) is 42.4 Å². The molecule has 2 fully saturated rings. The topological polar surface area (TPSA) is 145 Å².